The highest BCUT2D eigenvalue weighted by Crippen LogP contribution is 2.27. The van der Waals surface area contributed by atoms with Gasteiger partial charge in [0.25, 0.3) is 15.9 Å². The van der Waals surface area contributed by atoms with Gasteiger partial charge in [0.1, 0.15) is 4.90 Å². The molecule has 39 heavy (non-hydrogen) atoms. The van der Waals surface area contributed by atoms with E-state index >= 15 is 0 Å². The molecule has 3 rings (SSSR count). The molecule has 3 aromatic carbocycles. The molecule has 12 nitrogen and oxygen atoms in total. The van der Waals surface area contributed by atoms with Crippen LogP contribution in [0, 0.1) is 0 Å². The maximum Gasteiger partial charge on any atom is 0.319 e. The van der Waals surface area contributed by atoms with Crippen molar-refractivity contribution in [3.63, 3.8) is 0 Å². The molecule has 206 valence electrons. The predicted octanol–water partition coefficient (Wildman–Crippen LogP) is 2.82. The number of carboxylic acid groups (broad SMARTS) is 1. The van der Waals surface area contributed by atoms with Crippen molar-refractivity contribution >= 4 is 45.0 Å². The third-order valence-electron chi connectivity index (χ3n) is 5.58. The van der Waals surface area contributed by atoms with E-state index < -0.39 is 40.4 Å². The first-order valence-corrected chi connectivity index (χ1v) is 13.4. The average molecular weight is 555 g/mol. The number of rotatable bonds is 11. The Morgan fingerprint density at radius 1 is 1.00 bits per heavy atom. The number of anilines is 3. The lowest BCUT2D eigenvalue weighted by atomic mass is 10.0. The summed E-state index contributed by atoms with van der Waals surface area (Å²) < 4.78 is 27.4. The van der Waals surface area contributed by atoms with Gasteiger partial charge >= 0.3 is 12.0 Å². The summed E-state index contributed by atoms with van der Waals surface area (Å²) in [6, 6.07) is 16.1. The number of carbonyl (C=O) groups is 3. The number of carbonyl (C=O) groups excluding carboxylic acids is 2. The number of amides is 3. The van der Waals surface area contributed by atoms with Crippen LogP contribution in [-0.2, 0) is 14.8 Å². The molecule has 8 N–H and O–H groups in total. The lowest BCUT2D eigenvalue weighted by molar-refractivity contribution is -0.137. The number of nitrogen functional groups attached to an aromatic ring is 1. The SMILES string of the molecule is CCCNC(=O)c1ccccc1S(=O)(=O)N(N)c1cccc(C(CC(=O)O)NC(=O)Nc2ccc(N)cc2)c1. The zero-order chi connectivity index (χ0) is 28.6. The van der Waals surface area contributed by atoms with Crippen LogP contribution in [0.15, 0.2) is 77.7 Å². The van der Waals surface area contributed by atoms with Crippen molar-refractivity contribution in [1.29, 1.82) is 0 Å². The first-order valence-electron chi connectivity index (χ1n) is 11.9. The number of benzene rings is 3. The maximum atomic E-state index is 13.4. The molecule has 13 heteroatoms. The van der Waals surface area contributed by atoms with E-state index in [9.17, 15) is 27.9 Å². The molecular weight excluding hydrogens is 524 g/mol. The molecule has 0 aliphatic heterocycles. The lowest BCUT2D eigenvalue weighted by Crippen LogP contribution is -2.39. The van der Waals surface area contributed by atoms with Crippen LogP contribution < -0.4 is 31.9 Å². The Balaban J connectivity index is 1.88. The number of hydrogen-bond donors (Lipinski definition) is 6. The van der Waals surface area contributed by atoms with Crippen LogP contribution in [-0.4, -0.2) is 38.0 Å². The van der Waals surface area contributed by atoms with Gasteiger partial charge in [-0.05, 0) is 60.5 Å². The van der Waals surface area contributed by atoms with Crippen LogP contribution in [0.1, 0.15) is 41.7 Å². The number of hydrazine groups is 1. The molecule has 1 unspecified atom stereocenters. The first-order chi connectivity index (χ1) is 18.5. The zero-order valence-corrected chi connectivity index (χ0v) is 21.9. The number of urea groups is 1. The summed E-state index contributed by atoms with van der Waals surface area (Å²) in [5.41, 5.74) is 6.81. The summed E-state index contributed by atoms with van der Waals surface area (Å²) in [6.45, 7) is 2.23. The monoisotopic (exact) mass is 554 g/mol. The molecule has 0 bridgehead atoms. The Kier molecular flexibility index (Phi) is 9.47. The van der Waals surface area contributed by atoms with Crippen molar-refractivity contribution in [2.75, 3.05) is 22.0 Å². The van der Waals surface area contributed by atoms with Gasteiger partial charge < -0.3 is 26.8 Å². The second kappa shape index (κ2) is 12.8. The Hall–Kier alpha value is -4.62. The largest absolute Gasteiger partial charge is 0.481 e. The Labute approximate surface area is 226 Å². The number of carboxylic acids is 1. The minimum atomic E-state index is -4.40. The second-order valence-corrected chi connectivity index (χ2v) is 10.3. The van der Waals surface area contributed by atoms with E-state index in [0.717, 1.165) is 0 Å². The van der Waals surface area contributed by atoms with Crippen LogP contribution in [0.2, 0.25) is 0 Å². The summed E-state index contributed by atoms with van der Waals surface area (Å²) in [5, 5.41) is 17.2. The Morgan fingerprint density at radius 2 is 1.69 bits per heavy atom. The van der Waals surface area contributed by atoms with E-state index in [4.69, 9.17) is 11.6 Å². The average Bonchev–Trinajstić information content (AvgIpc) is 2.92. The van der Waals surface area contributed by atoms with Crippen molar-refractivity contribution in [2.45, 2.75) is 30.7 Å². The third-order valence-corrected chi connectivity index (χ3v) is 7.22. The van der Waals surface area contributed by atoms with Crippen molar-refractivity contribution in [1.82, 2.24) is 10.6 Å². The molecule has 0 aliphatic carbocycles. The smallest absolute Gasteiger partial charge is 0.319 e. The summed E-state index contributed by atoms with van der Waals surface area (Å²) in [5.74, 6) is 4.30. The molecule has 0 aliphatic rings. The fourth-order valence-electron chi connectivity index (χ4n) is 3.65. The van der Waals surface area contributed by atoms with Gasteiger partial charge in [0.2, 0.25) is 0 Å². The molecular formula is C26H30N6O6S. The van der Waals surface area contributed by atoms with Crippen molar-refractivity contribution in [2.24, 2.45) is 5.84 Å². The van der Waals surface area contributed by atoms with Gasteiger partial charge in [-0.2, -0.15) is 8.42 Å². The van der Waals surface area contributed by atoms with Gasteiger partial charge in [-0.1, -0.05) is 31.2 Å². The molecule has 0 spiro atoms. The zero-order valence-electron chi connectivity index (χ0n) is 21.1. The molecule has 3 amide bonds. The fraction of sp³-hybridized carbons (Fsp3) is 0.192. The fourth-order valence-corrected chi connectivity index (χ4v) is 4.95. The molecule has 0 aromatic heterocycles. The van der Waals surface area contributed by atoms with Crippen LogP contribution in [0.5, 0.6) is 0 Å². The quantitative estimate of drug-likeness (QED) is 0.118. The van der Waals surface area contributed by atoms with Crippen LogP contribution in [0.3, 0.4) is 0 Å². The standard InChI is InChI=1S/C26H30N6O6S/c1-2-14-29-25(35)21-8-3-4-9-23(21)39(37,38)32(28)20-7-5-6-17(15-20)22(16-24(33)34)31-26(36)30-19-12-10-18(27)11-13-19/h3-13,15,22H,2,14,16,27-28H2,1H3,(H,29,35)(H,33,34)(H2,30,31,36). The van der Waals surface area contributed by atoms with Crippen molar-refractivity contribution in [3.8, 4) is 0 Å². The van der Waals surface area contributed by atoms with Gasteiger partial charge in [0.05, 0.1) is 23.7 Å². The maximum absolute atomic E-state index is 13.4. The van der Waals surface area contributed by atoms with Crippen LogP contribution >= 0.6 is 0 Å². The summed E-state index contributed by atoms with van der Waals surface area (Å²) in [4.78, 5) is 36.4. The minimum absolute atomic E-state index is 0.00704. The molecule has 0 heterocycles. The molecule has 3 aromatic rings. The first kappa shape index (κ1) is 28.9. The van der Waals surface area contributed by atoms with E-state index in [1.165, 1.54) is 42.5 Å². The Morgan fingerprint density at radius 3 is 2.36 bits per heavy atom. The number of hydrogen-bond acceptors (Lipinski definition) is 7. The number of nitrogens with one attached hydrogen (secondary N) is 3. The highest BCUT2D eigenvalue weighted by atomic mass is 32.2. The van der Waals surface area contributed by atoms with Gasteiger partial charge in [-0.25, -0.2) is 15.1 Å². The lowest BCUT2D eigenvalue weighted by Gasteiger charge is -2.23. The summed E-state index contributed by atoms with van der Waals surface area (Å²) >= 11 is 0. The van der Waals surface area contributed by atoms with Crippen LogP contribution in [0.25, 0.3) is 0 Å². The van der Waals surface area contributed by atoms with Crippen LogP contribution in [0.4, 0.5) is 21.9 Å². The third kappa shape index (κ3) is 7.46. The number of aliphatic carboxylic acids is 1. The Bertz CT molecular complexity index is 1450. The number of sulfonamides is 1. The van der Waals surface area contributed by atoms with E-state index in [1.807, 2.05) is 6.92 Å². The van der Waals surface area contributed by atoms with Gasteiger partial charge in [0.15, 0.2) is 0 Å². The van der Waals surface area contributed by atoms with E-state index in [2.05, 4.69) is 16.0 Å². The highest BCUT2D eigenvalue weighted by molar-refractivity contribution is 7.92. The van der Waals surface area contributed by atoms with Gasteiger partial charge in [-0.15, -0.1) is 0 Å². The predicted molar refractivity (Wildman–Crippen MR) is 147 cm³/mol. The minimum Gasteiger partial charge on any atom is -0.481 e. The molecule has 1 atom stereocenters. The normalized spacial score (nSPS) is 11.7. The van der Waals surface area contributed by atoms with E-state index in [1.54, 1.807) is 30.3 Å². The van der Waals surface area contributed by atoms with E-state index in [0.29, 0.717) is 34.3 Å². The highest BCUT2D eigenvalue weighted by Gasteiger charge is 2.28. The summed E-state index contributed by atoms with van der Waals surface area (Å²) in [6.07, 6.45) is 0.177. The molecule has 0 saturated heterocycles. The van der Waals surface area contributed by atoms with Gasteiger partial charge in [0, 0.05) is 17.9 Å². The molecule has 0 radical (unpaired) electrons. The van der Waals surface area contributed by atoms with E-state index in [-0.39, 0.29) is 16.1 Å². The molecule has 0 fully saturated rings. The second-order valence-electron chi connectivity index (χ2n) is 8.52. The number of nitrogens with two attached hydrogens (primary N) is 2. The van der Waals surface area contributed by atoms with Crippen molar-refractivity contribution < 1.29 is 27.9 Å². The van der Waals surface area contributed by atoms with Gasteiger partial charge in [-0.3, -0.25) is 9.59 Å². The number of nitrogens with zero attached hydrogens (tertiary/aromatic N) is 1. The molecule has 0 saturated carbocycles. The van der Waals surface area contributed by atoms with Crippen molar-refractivity contribution in [3.05, 3.63) is 83.9 Å². The topological polar surface area (TPSA) is 197 Å². The summed E-state index contributed by atoms with van der Waals surface area (Å²) in [7, 11) is -4.40.